The number of hydrogen-bond acceptors (Lipinski definition) is 14. The first kappa shape index (κ1) is 104. The van der Waals surface area contributed by atoms with Crippen molar-refractivity contribution in [2.45, 2.75) is 360 Å². The van der Waals surface area contributed by atoms with Gasteiger partial charge in [0.05, 0.1) is 26.4 Å². The molecule has 0 aliphatic carbocycles. The van der Waals surface area contributed by atoms with Gasteiger partial charge in [-0.3, -0.25) is 32.5 Å². The van der Waals surface area contributed by atoms with Gasteiger partial charge in [0.2, 0.25) is 0 Å². The van der Waals surface area contributed by atoms with Gasteiger partial charge in [-0.1, -0.05) is 339 Å². The van der Waals surface area contributed by atoms with Crippen LogP contribution in [0.25, 0.3) is 0 Å². The molecule has 0 spiro atoms. The number of aliphatic hydroxyl groups excluding tert-OH is 2. The number of phosphoric acid groups is 2. The average Bonchev–Trinajstić information content (AvgIpc) is 0.905. The fourth-order valence-electron chi connectivity index (χ4n) is 11.3. The van der Waals surface area contributed by atoms with Crippen LogP contribution in [-0.4, -0.2) is 95.9 Å². The van der Waals surface area contributed by atoms with E-state index in [1.165, 1.54) is 109 Å². The third-order valence-electron chi connectivity index (χ3n) is 17.7. The predicted octanol–water partition coefficient (Wildman–Crippen LogP) is 25.8. The molecule has 0 rings (SSSR count). The fourth-order valence-corrected chi connectivity index (χ4v) is 12.9. The molecular formula is C91H154O16P2. The zero-order chi connectivity index (χ0) is 79.4. The van der Waals surface area contributed by atoms with E-state index in [2.05, 4.69) is 179 Å². The van der Waals surface area contributed by atoms with Gasteiger partial charge in [-0.25, -0.2) is 9.13 Å². The Morgan fingerprint density at radius 2 is 0.486 bits per heavy atom. The van der Waals surface area contributed by atoms with E-state index < -0.39 is 91.5 Å². The first-order valence-corrected chi connectivity index (χ1v) is 45.8. The molecule has 0 saturated heterocycles. The number of hydrogen-bond donors (Lipinski definition) is 4. The van der Waals surface area contributed by atoms with Gasteiger partial charge in [0.15, 0.2) is 6.10 Å². The topological polar surface area (TPSA) is 231 Å². The molecule has 0 aliphatic rings. The number of allylic oxidation sites excluding steroid dienone is 26. The summed E-state index contributed by atoms with van der Waals surface area (Å²) in [4.78, 5) is 58.7. The highest BCUT2D eigenvalue weighted by molar-refractivity contribution is 7.47. The van der Waals surface area contributed by atoms with Crippen molar-refractivity contribution in [2.75, 3.05) is 39.6 Å². The Balaban J connectivity index is 4.41. The zero-order valence-corrected chi connectivity index (χ0v) is 70.2. The van der Waals surface area contributed by atoms with Gasteiger partial charge in [-0.2, -0.15) is 0 Å². The molecule has 0 aromatic heterocycles. The Morgan fingerprint density at radius 1 is 0.266 bits per heavy atom. The normalized spacial score (nSPS) is 14.7. The number of carbonyl (C=O) groups is 3. The molecule has 0 aromatic carbocycles. The smallest absolute Gasteiger partial charge is 0.463 e. The second kappa shape index (κ2) is 82.6. The summed E-state index contributed by atoms with van der Waals surface area (Å²) in [5, 5.41) is 20.7. The van der Waals surface area contributed by atoms with Crippen LogP contribution in [0.4, 0.5) is 0 Å². The van der Waals surface area contributed by atoms with Crippen LogP contribution >= 0.6 is 15.6 Å². The summed E-state index contributed by atoms with van der Waals surface area (Å²) in [6.07, 6.45) is 105. The van der Waals surface area contributed by atoms with Crippen molar-refractivity contribution in [1.82, 2.24) is 0 Å². The van der Waals surface area contributed by atoms with E-state index in [1.54, 1.807) is 0 Å². The molecule has 18 heteroatoms. The second-order valence-corrected chi connectivity index (χ2v) is 31.1. The van der Waals surface area contributed by atoms with E-state index in [-0.39, 0.29) is 19.3 Å². The van der Waals surface area contributed by atoms with Crippen molar-refractivity contribution < 1.29 is 75.8 Å². The minimum absolute atomic E-state index is 0.0841. The SMILES string of the molecule is CC/C=C\C/C=C\C/C=C\C/C=C\C/C=C\C/C=C\CCCCCCCCCCCCCCCCCCC(=O)OCC(O)COP(=O)(O)OCC(O)COP(=O)(O)OCC(COC(=O)CCCCCCCCCCC/C=C\C/C=C\C/C=C\C/C=C\C/C=C\CC)OC(=O)CCCCCCC/C=C\C/C=C\CCC. The first-order valence-electron chi connectivity index (χ1n) is 42.8. The summed E-state index contributed by atoms with van der Waals surface area (Å²) in [5.74, 6) is -1.60. The number of unbranched alkanes of at least 4 members (excludes halogenated alkanes) is 31. The highest BCUT2D eigenvalue weighted by atomic mass is 31.2. The molecule has 4 N–H and O–H groups in total. The summed E-state index contributed by atoms with van der Waals surface area (Å²) in [6, 6.07) is 0. The van der Waals surface area contributed by atoms with E-state index in [0.717, 1.165) is 173 Å². The Kier molecular flexibility index (Phi) is 79.0. The summed E-state index contributed by atoms with van der Waals surface area (Å²) in [6.45, 7) is 2.38. The van der Waals surface area contributed by atoms with Gasteiger partial charge in [0, 0.05) is 19.3 Å². The van der Waals surface area contributed by atoms with E-state index in [1.807, 2.05) is 0 Å². The standard InChI is InChI=1S/C91H154O16P2/c1-4-7-10-13-16-19-22-25-27-29-31-33-35-37-38-39-40-41-42-43-44-45-46-48-50-51-53-55-57-60-62-65-68-71-74-77-89(94)101-80-86(92)81-103-108(97,98)104-82-87(93)83-105-109(99,100)106-85-88(107-91(96)79-76-73-70-67-64-59-24-21-18-15-12-9-6-3)84-102-90(95)78-75-72-69-66-63-61-58-56-54-52-49-47-36-34-32-30-28-26-23-20-17-14-11-8-5-2/h7-8,10-12,15-17,19-21,24-28,31-34,37-38,40-41,47,49,86-88,92-93H,4-6,9,13-14,18,22-23,29-30,35-36,39,42-46,48,50-85H2,1-3H3,(H,97,98)(H,99,100)/b10-7-,11-8-,15-12-,19-16-,20-17-,24-21-,27-25-,28-26-,33-31-,34-32-,38-37-,41-40-,49-47-. The third kappa shape index (κ3) is 83.9. The Labute approximate surface area is 663 Å². The van der Waals surface area contributed by atoms with Crippen LogP contribution in [0.2, 0.25) is 0 Å². The van der Waals surface area contributed by atoms with Gasteiger partial charge in [-0.05, 0) is 141 Å². The minimum atomic E-state index is -4.94. The van der Waals surface area contributed by atoms with Crippen LogP contribution in [0.3, 0.4) is 0 Å². The lowest BCUT2D eigenvalue weighted by Gasteiger charge is -2.21. The Morgan fingerprint density at radius 3 is 0.771 bits per heavy atom. The lowest BCUT2D eigenvalue weighted by molar-refractivity contribution is -0.161. The van der Waals surface area contributed by atoms with Crippen LogP contribution in [-0.2, 0) is 55.8 Å². The van der Waals surface area contributed by atoms with E-state index in [4.69, 9.17) is 32.3 Å². The molecule has 0 fully saturated rings. The van der Waals surface area contributed by atoms with Gasteiger partial charge < -0.3 is 34.2 Å². The predicted molar refractivity (Wildman–Crippen MR) is 454 cm³/mol. The third-order valence-corrected chi connectivity index (χ3v) is 19.6. The van der Waals surface area contributed by atoms with Gasteiger partial charge in [-0.15, -0.1) is 0 Å². The van der Waals surface area contributed by atoms with Crippen molar-refractivity contribution in [1.29, 1.82) is 0 Å². The molecule has 0 aromatic rings. The highest BCUT2D eigenvalue weighted by Crippen LogP contribution is 2.45. The summed E-state index contributed by atoms with van der Waals surface area (Å²) >= 11 is 0. The molecule has 0 amide bonds. The van der Waals surface area contributed by atoms with Crippen molar-refractivity contribution >= 4 is 33.6 Å². The number of ether oxygens (including phenoxy) is 3. The fraction of sp³-hybridized carbons (Fsp3) is 0.681. The van der Waals surface area contributed by atoms with Crippen LogP contribution in [0, 0.1) is 0 Å². The van der Waals surface area contributed by atoms with Crippen molar-refractivity contribution in [3.05, 3.63) is 158 Å². The molecule has 624 valence electrons. The number of phosphoric ester groups is 2. The minimum Gasteiger partial charge on any atom is -0.463 e. The lowest BCUT2D eigenvalue weighted by Crippen LogP contribution is -2.30. The molecule has 0 aliphatic heterocycles. The van der Waals surface area contributed by atoms with Crippen molar-refractivity contribution in [3.63, 3.8) is 0 Å². The van der Waals surface area contributed by atoms with Gasteiger partial charge >= 0.3 is 33.6 Å². The summed E-state index contributed by atoms with van der Waals surface area (Å²) in [7, 11) is -9.80. The van der Waals surface area contributed by atoms with Crippen LogP contribution in [0.5, 0.6) is 0 Å². The molecule has 16 nitrogen and oxygen atoms in total. The maximum Gasteiger partial charge on any atom is 0.472 e. The summed E-state index contributed by atoms with van der Waals surface area (Å²) < 4.78 is 61.2. The van der Waals surface area contributed by atoms with Gasteiger partial charge in [0.1, 0.15) is 25.4 Å². The van der Waals surface area contributed by atoms with E-state index in [0.29, 0.717) is 19.3 Å². The monoisotopic (exact) mass is 1570 g/mol. The number of rotatable bonds is 80. The summed E-state index contributed by atoms with van der Waals surface area (Å²) in [5.41, 5.74) is 0. The number of aliphatic hydroxyl groups is 2. The van der Waals surface area contributed by atoms with Gasteiger partial charge in [0.25, 0.3) is 0 Å². The van der Waals surface area contributed by atoms with Crippen LogP contribution in [0.15, 0.2) is 158 Å². The Bertz CT molecular complexity index is 2610. The molecule has 0 bridgehead atoms. The number of esters is 3. The zero-order valence-electron chi connectivity index (χ0n) is 68.4. The molecule has 109 heavy (non-hydrogen) atoms. The molecule has 0 radical (unpaired) electrons. The molecule has 5 atom stereocenters. The first-order chi connectivity index (χ1) is 53.2. The van der Waals surface area contributed by atoms with E-state index in [9.17, 15) is 43.5 Å². The Hall–Kier alpha value is -4.83. The van der Waals surface area contributed by atoms with Crippen LogP contribution < -0.4 is 0 Å². The van der Waals surface area contributed by atoms with Crippen molar-refractivity contribution in [2.24, 2.45) is 0 Å². The van der Waals surface area contributed by atoms with Crippen LogP contribution in [0.1, 0.15) is 342 Å². The highest BCUT2D eigenvalue weighted by Gasteiger charge is 2.29. The largest absolute Gasteiger partial charge is 0.472 e. The quantitative estimate of drug-likeness (QED) is 0.0146. The molecule has 5 unspecified atom stereocenters. The average molecular weight is 1570 g/mol. The maximum atomic E-state index is 13.0. The van der Waals surface area contributed by atoms with Crippen molar-refractivity contribution in [3.8, 4) is 0 Å². The molecule has 0 saturated carbocycles. The maximum absolute atomic E-state index is 13.0. The molecular weight excluding hydrogens is 1410 g/mol. The molecule has 0 heterocycles. The number of carbonyl (C=O) groups excluding carboxylic acids is 3. The van der Waals surface area contributed by atoms with E-state index >= 15 is 0 Å². The lowest BCUT2D eigenvalue weighted by atomic mass is 10.0. The second-order valence-electron chi connectivity index (χ2n) is 28.2.